The Balaban J connectivity index is 1.82. The summed E-state index contributed by atoms with van der Waals surface area (Å²) >= 11 is 0. The van der Waals surface area contributed by atoms with E-state index in [1.807, 2.05) is 26.8 Å². The zero-order valence-corrected chi connectivity index (χ0v) is 15.0. The van der Waals surface area contributed by atoms with Crippen molar-refractivity contribution in [1.82, 2.24) is 9.55 Å². The van der Waals surface area contributed by atoms with Crippen molar-refractivity contribution in [1.29, 1.82) is 0 Å². The Kier molecular flexibility index (Phi) is 4.93. The fraction of sp³-hybridized carbons (Fsp3) is 0.421. The van der Waals surface area contributed by atoms with E-state index in [0.29, 0.717) is 12.0 Å². The third-order valence-electron chi connectivity index (χ3n) is 4.82. The second-order valence-corrected chi connectivity index (χ2v) is 7.02. The predicted molar refractivity (Wildman–Crippen MR) is 96.9 cm³/mol. The van der Waals surface area contributed by atoms with Gasteiger partial charge in [0.15, 0.2) is 0 Å². The van der Waals surface area contributed by atoms with Crippen LogP contribution in [-0.4, -0.2) is 32.8 Å². The van der Waals surface area contributed by atoms with Crippen molar-refractivity contribution in [2.24, 2.45) is 5.41 Å². The molecule has 1 saturated heterocycles. The predicted octanol–water partition coefficient (Wildman–Crippen LogP) is 2.19. The maximum atomic E-state index is 12.5. The van der Waals surface area contributed by atoms with Gasteiger partial charge < -0.3 is 15.2 Å². The number of benzene rings is 1. The molecule has 2 N–H and O–H groups in total. The summed E-state index contributed by atoms with van der Waals surface area (Å²) < 4.78 is 7.24. The molecule has 0 bridgehead atoms. The highest BCUT2D eigenvalue weighted by Gasteiger charge is 2.50. The van der Waals surface area contributed by atoms with E-state index in [2.05, 4.69) is 10.3 Å². The number of hydrogen-bond acceptors (Lipinski definition) is 5. The molecule has 1 aliphatic rings. The van der Waals surface area contributed by atoms with Crippen LogP contribution in [0.4, 0.5) is 5.82 Å². The van der Waals surface area contributed by atoms with Gasteiger partial charge in [0.2, 0.25) is 0 Å². The van der Waals surface area contributed by atoms with Crippen LogP contribution in [0.5, 0.6) is 0 Å². The van der Waals surface area contributed by atoms with Crippen molar-refractivity contribution in [3.8, 4) is 0 Å². The highest BCUT2D eigenvalue weighted by Crippen LogP contribution is 2.45. The minimum Gasteiger partial charge on any atom is -0.390 e. The number of nitrogens with zero attached hydrogens (tertiary/aromatic N) is 2. The zero-order chi connectivity index (χ0) is 18.9. The van der Waals surface area contributed by atoms with E-state index in [1.165, 1.54) is 10.8 Å². The van der Waals surface area contributed by atoms with Gasteiger partial charge in [0.25, 0.3) is 5.91 Å². The van der Waals surface area contributed by atoms with Crippen LogP contribution in [0.1, 0.15) is 43.8 Å². The molecule has 7 nitrogen and oxygen atoms in total. The number of anilines is 1. The molecule has 2 heterocycles. The normalized spacial score (nSPS) is 24.4. The van der Waals surface area contributed by atoms with E-state index in [4.69, 9.17) is 4.74 Å². The minimum atomic E-state index is -0.679. The molecule has 138 valence electrons. The van der Waals surface area contributed by atoms with Crippen LogP contribution in [0.15, 0.2) is 47.4 Å². The van der Waals surface area contributed by atoms with E-state index in [-0.39, 0.29) is 17.8 Å². The molecule has 1 amide bonds. The lowest BCUT2D eigenvalue weighted by Crippen LogP contribution is -2.38. The topological polar surface area (TPSA) is 93.5 Å². The molecular formula is C19H23N3O4. The molecule has 7 heteroatoms. The van der Waals surface area contributed by atoms with Gasteiger partial charge in [-0.25, -0.2) is 4.79 Å². The number of amides is 1. The Hall–Kier alpha value is -2.51. The second kappa shape index (κ2) is 7.01. The maximum Gasteiger partial charge on any atom is 0.351 e. The number of ether oxygens (including phenoxy) is 1. The number of carbonyl (C=O) groups is 1. The van der Waals surface area contributed by atoms with Crippen LogP contribution >= 0.6 is 0 Å². The Morgan fingerprint density at radius 1 is 1.31 bits per heavy atom. The SMILES string of the molecule is CC[C@H]1O[C@@H](n2ccc(NC(=O)c3ccccc3)nc2=O)C(C)(C)[C@H]1O. The van der Waals surface area contributed by atoms with E-state index in [0.717, 1.165) is 0 Å². The number of aliphatic hydroxyl groups is 1. The van der Waals surface area contributed by atoms with E-state index >= 15 is 0 Å². The lowest BCUT2D eigenvalue weighted by Gasteiger charge is -2.28. The minimum absolute atomic E-state index is 0.170. The largest absolute Gasteiger partial charge is 0.390 e. The van der Waals surface area contributed by atoms with Gasteiger partial charge in [0.05, 0.1) is 12.2 Å². The summed E-state index contributed by atoms with van der Waals surface area (Å²) in [7, 11) is 0. The summed E-state index contributed by atoms with van der Waals surface area (Å²) in [4.78, 5) is 28.6. The van der Waals surface area contributed by atoms with Gasteiger partial charge in [0, 0.05) is 17.2 Å². The van der Waals surface area contributed by atoms with Gasteiger partial charge in [-0.1, -0.05) is 39.0 Å². The third-order valence-corrected chi connectivity index (χ3v) is 4.82. The number of aliphatic hydroxyl groups excluding tert-OH is 1. The van der Waals surface area contributed by atoms with Crippen LogP contribution < -0.4 is 11.0 Å². The molecule has 2 aromatic rings. The van der Waals surface area contributed by atoms with Gasteiger partial charge in [-0.05, 0) is 24.6 Å². The zero-order valence-electron chi connectivity index (χ0n) is 15.0. The fourth-order valence-corrected chi connectivity index (χ4v) is 3.22. The van der Waals surface area contributed by atoms with Crippen LogP contribution in [0.25, 0.3) is 0 Å². The molecule has 0 aliphatic carbocycles. The molecule has 0 spiro atoms. The molecule has 26 heavy (non-hydrogen) atoms. The molecule has 1 aliphatic heterocycles. The summed E-state index contributed by atoms with van der Waals surface area (Å²) in [6.45, 7) is 5.64. The van der Waals surface area contributed by atoms with E-state index < -0.39 is 23.4 Å². The van der Waals surface area contributed by atoms with Gasteiger partial charge in [-0.3, -0.25) is 9.36 Å². The van der Waals surface area contributed by atoms with Gasteiger partial charge in [0.1, 0.15) is 12.0 Å². The van der Waals surface area contributed by atoms with E-state index in [9.17, 15) is 14.7 Å². The van der Waals surface area contributed by atoms with Gasteiger partial charge in [-0.15, -0.1) is 0 Å². The molecular weight excluding hydrogens is 334 g/mol. The summed E-state index contributed by atoms with van der Waals surface area (Å²) in [5.41, 5.74) is -0.702. The molecule has 1 aromatic heterocycles. The highest BCUT2D eigenvalue weighted by molar-refractivity contribution is 6.03. The Labute approximate surface area is 151 Å². The number of hydrogen-bond donors (Lipinski definition) is 2. The Morgan fingerprint density at radius 2 is 2.00 bits per heavy atom. The van der Waals surface area contributed by atoms with Gasteiger partial charge in [-0.2, -0.15) is 4.98 Å². The lowest BCUT2D eigenvalue weighted by molar-refractivity contribution is -0.0353. The van der Waals surface area contributed by atoms with Crippen molar-refractivity contribution in [3.63, 3.8) is 0 Å². The first-order valence-electron chi connectivity index (χ1n) is 8.63. The molecule has 1 fully saturated rings. The first-order chi connectivity index (χ1) is 12.3. The third kappa shape index (κ3) is 3.27. The number of nitrogens with one attached hydrogen (secondary N) is 1. The van der Waals surface area contributed by atoms with Crippen molar-refractivity contribution in [2.45, 2.75) is 45.6 Å². The first-order valence-corrected chi connectivity index (χ1v) is 8.63. The van der Waals surface area contributed by atoms with Crippen molar-refractivity contribution in [2.75, 3.05) is 5.32 Å². The molecule has 3 rings (SSSR count). The molecule has 0 saturated carbocycles. The van der Waals surface area contributed by atoms with Crippen LogP contribution in [0, 0.1) is 5.41 Å². The summed E-state index contributed by atoms with van der Waals surface area (Å²) in [5, 5.41) is 13.0. The average molecular weight is 357 g/mol. The second-order valence-electron chi connectivity index (χ2n) is 7.02. The first kappa shape index (κ1) is 18.3. The fourth-order valence-electron chi connectivity index (χ4n) is 3.22. The van der Waals surface area contributed by atoms with Crippen molar-refractivity contribution in [3.05, 3.63) is 58.6 Å². The maximum absolute atomic E-state index is 12.5. The summed E-state index contributed by atoms with van der Waals surface area (Å²) in [6, 6.07) is 10.2. The average Bonchev–Trinajstić information content (AvgIpc) is 2.85. The van der Waals surface area contributed by atoms with Crippen molar-refractivity contribution >= 4 is 11.7 Å². The van der Waals surface area contributed by atoms with Crippen molar-refractivity contribution < 1.29 is 14.6 Å². The highest BCUT2D eigenvalue weighted by atomic mass is 16.5. The Bertz CT molecular complexity index is 847. The smallest absolute Gasteiger partial charge is 0.351 e. The molecule has 0 radical (unpaired) electrons. The number of carbonyl (C=O) groups excluding carboxylic acids is 1. The summed E-state index contributed by atoms with van der Waals surface area (Å²) in [5.74, 6) is -0.169. The number of rotatable bonds is 4. The quantitative estimate of drug-likeness (QED) is 0.875. The van der Waals surface area contributed by atoms with Crippen LogP contribution in [0.3, 0.4) is 0 Å². The number of aromatic nitrogens is 2. The molecule has 1 aromatic carbocycles. The van der Waals surface area contributed by atoms with Gasteiger partial charge >= 0.3 is 5.69 Å². The van der Waals surface area contributed by atoms with Crippen LogP contribution in [-0.2, 0) is 4.74 Å². The van der Waals surface area contributed by atoms with Crippen LogP contribution in [0.2, 0.25) is 0 Å². The molecule has 3 atom stereocenters. The standard InChI is InChI=1S/C19H23N3O4/c1-4-13-15(23)19(2,3)17(26-13)22-11-10-14(21-18(22)25)20-16(24)12-8-6-5-7-9-12/h5-11,13,15,17,23H,4H2,1-3H3,(H,20,21,24,25)/t13-,15+,17-/m1/s1. The van der Waals surface area contributed by atoms with E-state index in [1.54, 1.807) is 30.3 Å². The molecule has 0 unspecified atom stereocenters. The summed E-state index contributed by atoms with van der Waals surface area (Å²) in [6.07, 6.45) is 0.546. The Morgan fingerprint density at radius 3 is 2.58 bits per heavy atom. The lowest BCUT2D eigenvalue weighted by atomic mass is 9.84. The monoisotopic (exact) mass is 357 g/mol.